The Kier molecular flexibility index (Phi) is 9.95. The molecule has 0 fully saturated rings. The molecule has 1 rings (SSSR count). The van der Waals surface area contributed by atoms with Crippen molar-refractivity contribution in [1.29, 1.82) is 0 Å². The van der Waals surface area contributed by atoms with Crippen molar-refractivity contribution in [2.45, 2.75) is 19.3 Å². The fourth-order valence-corrected chi connectivity index (χ4v) is 2.54. The summed E-state index contributed by atoms with van der Waals surface area (Å²) in [7, 11) is 3.17. The molecule has 0 aliphatic heterocycles. The van der Waals surface area contributed by atoms with Gasteiger partial charge in [0.15, 0.2) is 5.96 Å². The molecule has 0 heterocycles. The first-order valence-electron chi connectivity index (χ1n) is 7.82. The number of aliphatic imine (C=N–C) groups is 1. The number of rotatable bonds is 9. The van der Waals surface area contributed by atoms with Crippen LogP contribution in [0.25, 0.3) is 0 Å². The lowest BCUT2D eigenvalue weighted by Gasteiger charge is -2.11. The minimum absolute atomic E-state index is 0.305. The minimum atomic E-state index is -0.305. The molecule has 2 N–H and O–H groups in total. The van der Waals surface area contributed by atoms with Crippen LogP contribution in [0, 0.1) is 0 Å². The van der Waals surface area contributed by atoms with Crippen molar-refractivity contribution in [3.63, 3.8) is 0 Å². The molecule has 0 atom stereocenters. The zero-order valence-electron chi connectivity index (χ0n) is 14.2. The summed E-state index contributed by atoms with van der Waals surface area (Å²) in [6.45, 7) is 1.73. The molecule has 0 aromatic heterocycles. The van der Waals surface area contributed by atoms with Crippen LogP contribution >= 0.6 is 11.8 Å². The lowest BCUT2D eigenvalue weighted by molar-refractivity contribution is 0.0600. The molecule has 23 heavy (non-hydrogen) atoms. The summed E-state index contributed by atoms with van der Waals surface area (Å²) in [6.07, 6.45) is 5.37. The molecule has 0 aliphatic rings. The SMILES string of the molecule is CN=C(NCCCCSC)NCCc1ccc(C(=O)OC)cc1. The molecule has 1 aromatic carbocycles. The molecule has 5 nitrogen and oxygen atoms in total. The number of guanidine groups is 1. The van der Waals surface area contributed by atoms with Crippen molar-refractivity contribution < 1.29 is 9.53 Å². The average Bonchev–Trinajstić information content (AvgIpc) is 2.59. The van der Waals surface area contributed by atoms with E-state index in [1.54, 1.807) is 19.2 Å². The highest BCUT2D eigenvalue weighted by atomic mass is 32.2. The summed E-state index contributed by atoms with van der Waals surface area (Å²) < 4.78 is 4.69. The minimum Gasteiger partial charge on any atom is -0.465 e. The second kappa shape index (κ2) is 11.8. The van der Waals surface area contributed by atoms with E-state index in [0.29, 0.717) is 5.56 Å². The van der Waals surface area contributed by atoms with Gasteiger partial charge in [0, 0.05) is 20.1 Å². The van der Waals surface area contributed by atoms with Crippen LogP contribution in [0.3, 0.4) is 0 Å². The van der Waals surface area contributed by atoms with Crippen LogP contribution < -0.4 is 10.6 Å². The number of nitrogens with one attached hydrogen (secondary N) is 2. The van der Waals surface area contributed by atoms with E-state index in [4.69, 9.17) is 0 Å². The van der Waals surface area contributed by atoms with Crippen molar-refractivity contribution in [1.82, 2.24) is 10.6 Å². The van der Waals surface area contributed by atoms with Crippen LogP contribution in [-0.4, -0.2) is 51.2 Å². The monoisotopic (exact) mass is 337 g/mol. The molecule has 0 spiro atoms. The van der Waals surface area contributed by atoms with Crippen molar-refractivity contribution in [3.05, 3.63) is 35.4 Å². The van der Waals surface area contributed by atoms with Gasteiger partial charge in [-0.25, -0.2) is 4.79 Å². The lowest BCUT2D eigenvalue weighted by Crippen LogP contribution is -2.38. The molecule has 128 valence electrons. The summed E-state index contributed by atoms with van der Waals surface area (Å²) in [6, 6.07) is 7.49. The Morgan fingerprint density at radius 2 is 1.87 bits per heavy atom. The highest BCUT2D eigenvalue weighted by Crippen LogP contribution is 2.06. The summed E-state index contributed by atoms with van der Waals surface area (Å²) in [5.41, 5.74) is 1.74. The summed E-state index contributed by atoms with van der Waals surface area (Å²) in [5.74, 6) is 1.73. The number of ether oxygens (including phenoxy) is 1. The second-order valence-corrected chi connectivity index (χ2v) is 6.05. The van der Waals surface area contributed by atoms with E-state index in [1.165, 1.54) is 24.8 Å². The predicted octanol–water partition coefficient (Wildman–Crippen LogP) is 2.32. The maximum Gasteiger partial charge on any atom is 0.337 e. The number of methoxy groups -OCH3 is 1. The second-order valence-electron chi connectivity index (χ2n) is 5.06. The van der Waals surface area contributed by atoms with Gasteiger partial charge in [0.25, 0.3) is 0 Å². The third-order valence-electron chi connectivity index (χ3n) is 3.37. The first-order valence-corrected chi connectivity index (χ1v) is 9.21. The zero-order valence-corrected chi connectivity index (χ0v) is 15.0. The summed E-state index contributed by atoms with van der Waals surface area (Å²) in [4.78, 5) is 15.6. The van der Waals surface area contributed by atoms with E-state index in [0.717, 1.165) is 31.9 Å². The van der Waals surface area contributed by atoms with Gasteiger partial charge >= 0.3 is 5.97 Å². The maximum atomic E-state index is 11.4. The maximum absolute atomic E-state index is 11.4. The molecule has 0 saturated carbocycles. The largest absolute Gasteiger partial charge is 0.465 e. The molecule has 0 amide bonds. The fraction of sp³-hybridized carbons (Fsp3) is 0.529. The number of esters is 1. The number of hydrogen-bond acceptors (Lipinski definition) is 4. The van der Waals surface area contributed by atoms with Gasteiger partial charge < -0.3 is 15.4 Å². The molecule has 1 aromatic rings. The average molecular weight is 337 g/mol. The van der Waals surface area contributed by atoms with Crippen LogP contribution in [-0.2, 0) is 11.2 Å². The van der Waals surface area contributed by atoms with Crippen LogP contribution in [0.15, 0.2) is 29.3 Å². The lowest BCUT2D eigenvalue weighted by atomic mass is 10.1. The van der Waals surface area contributed by atoms with Gasteiger partial charge in [-0.15, -0.1) is 0 Å². The van der Waals surface area contributed by atoms with E-state index >= 15 is 0 Å². The number of thioether (sulfide) groups is 1. The number of hydrogen-bond donors (Lipinski definition) is 2. The van der Waals surface area contributed by atoms with Crippen LogP contribution in [0.5, 0.6) is 0 Å². The zero-order chi connectivity index (χ0) is 16.9. The van der Waals surface area contributed by atoms with Crippen molar-refractivity contribution in [3.8, 4) is 0 Å². The Morgan fingerprint density at radius 1 is 1.17 bits per heavy atom. The third kappa shape index (κ3) is 7.93. The van der Waals surface area contributed by atoms with Gasteiger partial charge in [-0.1, -0.05) is 12.1 Å². The van der Waals surface area contributed by atoms with E-state index in [2.05, 4.69) is 26.6 Å². The number of carbonyl (C=O) groups excluding carboxylic acids is 1. The van der Waals surface area contributed by atoms with Crippen molar-refractivity contribution >= 4 is 23.7 Å². The van der Waals surface area contributed by atoms with Gasteiger partial charge in [0.2, 0.25) is 0 Å². The number of benzene rings is 1. The molecule has 0 saturated heterocycles. The van der Waals surface area contributed by atoms with E-state index < -0.39 is 0 Å². The van der Waals surface area contributed by atoms with Gasteiger partial charge in [-0.05, 0) is 49.0 Å². The number of carbonyl (C=O) groups is 1. The standard InChI is InChI=1S/C17H27N3O2S/c1-18-17(19-11-4-5-13-23-3)20-12-10-14-6-8-15(9-7-14)16(21)22-2/h6-9H,4-5,10-13H2,1-3H3,(H2,18,19,20). The smallest absolute Gasteiger partial charge is 0.337 e. The fourth-order valence-electron chi connectivity index (χ4n) is 2.05. The molecule has 0 bridgehead atoms. The molecule has 0 unspecified atom stereocenters. The van der Waals surface area contributed by atoms with Crippen LogP contribution in [0.2, 0.25) is 0 Å². The Bertz CT molecular complexity index is 489. The van der Waals surface area contributed by atoms with E-state index in [9.17, 15) is 4.79 Å². The summed E-state index contributed by atoms with van der Waals surface area (Å²) >= 11 is 1.88. The van der Waals surface area contributed by atoms with Gasteiger partial charge in [0.1, 0.15) is 0 Å². The number of nitrogens with zero attached hydrogens (tertiary/aromatic N) is 1. The Hall–Kier alpha value is -1.69. The first kappa shape index (κ1) is 19.4. The molecule has 6 heteroatoms. The predicted molar refractivity (Wildman–Crippen MR) is 98.5 cm³/mol. The molecular weight excluding hydrogens is 310 g/mol. The Morgan fingerprint density at radius 3 is 2.48 bits per heavy atom. The van der Waals surface area contributed by atoms with Crippen LogP contribution in [0.4, 0.5) is 0 Å². The Balaban J connectivity index is 2.27. The van der Waals surface area contributed by atoms with E-state index in [1.807, 2.05) is 23.9 Å². The molecule has 0 radical (unpaired) electrons. The van der Waals surface area contributed by atoms with Gasteiger partial charge in [0.05, 0.1) is 12.7 Å². The molecular formula is C17H27N3O2S. The van der Waals surface area contributed by atoms with Crippen molar-refractivity contribution in [2.24, 2.45) is 4.99 Å². The molecule has 0 aliphatic carbocycles. The summed E-state index contributed by atoms with van der Waals surface area (Å²) in [5, 5.41) is 6.61. The highest BCUT2D eigenvalue weighted by Gasteiger charge is 2.04. The highest BCUT2D eigenvalue weighted by molar-refractivity contribution is 7.98. The van der Waals surface area contributed by atoms with E-state index in [-0.39, 0.29) is 5.97 Å². The van der Waals surface area contributed by atoms with Crippen LogP contribution in [0.1, 0.15) is 28.8 Å². The van der Waals surface area contributed by atoms with Gasteiger partial charge in [-0.2, -0.15) is 11.8 Å². The normalized spacial score (nSPS) is 11.2. The first-order chi connectivity index (χ1) is 11.2. The van der Waals surface area contributed by atoms with Gasteiger partial charge in [-0.3, -0.25) is 4.99 Å². The Labute approximate surface area is 143 Å². The number of unbranched alkanes of at least 4 members (excludes halogenated alkanes) is 1. The van der Waals surface area contributed by atoms with Crippen molar-refractivity contribution in [2.75, 3.05) is 39.3 Å². The third-order valence-corrected chi connectivity index (χ3v) is 4.07. The topological polar surface area (TPSA) is 62.7 Å². The quantitative estimate of drug-likeness (QED) is 0.313.